The lowest BCUT2D eigenvalue weighted by Gasteiger charge is -2.26. The zero-order valence-corrected chi connectivity index (χ0v) is 14.1. The van der Waals surface area contributed by atoms with E-state index in [1.165, 1.54) is 5.56 Å². The fourth-order valence-electron chi connectivity index (χ4n) is 3.02. The number of hydrogen-bond donors (Lipinski definition) is 0. The number of halogens is 1. The monoisotopic (exact) mass is 371 g/mol. The number of likely N-dealkylation sites (tertiary alicyclic amines) is 1. The predicted octanol–water partition coefficient (Wildman–Crippen LogP) is 4.06. The average Bonchev–Trinajstić information content (AvgIpc) is 2.63. The molecule has 1 heterocycles. The molecule has 2 atom stereocenters. The van der Waals surface area contributed by atoms with Crippen molar-refractivity contribution in [3.63, 3.8) is 0 Å². The Labute approximate surface area is 129 Å². The highest BCUT2D eigenvalue weighted by Gasteiger charge is 2.46. The zero-order valence-electron chi connectivity index (χ0n) is 11.9. The number of amides is 1. The molecule has 1 unspecified atom stereocenters. The number of alkyl halides is 1. The van der Waals surface area contributed by atoms with Gasteiger partial charge in [-0.25, -0.2) is 0 Å². The highest BCUT2D eigenvalue weighted by molar-refractivity contribution is 14.1. The van der Waals surface area contributed by atoms with Crippen molar-refractivity contribution in [2.45, 2.75) is 33.2 Å². The molecule has 1 saturated heterocycles. The molecule has 2 nitrogen and oxygen atoms in total. The fraction of sp³-hybridized carbons (Fsp3) is 0.562. The van der Waals surface area contributed by atoms with E-state index in [9.17, 15) is 4.79 Å². The molecule has 1 fully saturated rings. The first-order valence-electron chi connectivity index (χ1n) is 6.89. The van der Waals surface area contributed by atoms with E-state index in [4.69, 9.17) is 0 Å². The minimum atomic E-state index is 0.0886. The van der Waals surface area contributed by atoms with E-state index in [1.54, 1.807) is 0 Å². The van der Waals surface area contributed by atoms with Crippen LogP contribution in [0.25, 0.3) is 0 Å². The van der Waals surface area contributed by atoms with Crippen LogP contribution >= 0.6 is 22.6 Å². The highest BCUT2D eigenvalue weighted by Crippen LogP contribution is 2.42. The fourth-order valence-corrected chi connectivity index (χ4v) is 3.65. The van der Waals surface area contributed by atoms with Crippen molar-refractivity contribution < 1.29 is 4.79 Å². The van der Waals surface area contributed by atoms with Crippen LogP contribution in [0.5, 0.6) is 0 Å². The normalized spacial score (nSPS) is 23.7. The van der Waals surface area contributed by atoms with Crippen molar-refractivity contribution in [2.24, 2.45) is 11.3 Å². The van der Waals surface area contributed by atoms with Gasteiger partial charge in [0.1, 0.15) is 0 Å². The van der Waals surface area contributed by atoms with Gasteiger partial charge in [-0.1, -0.05) is 66.8 Å². The summed E-state index contributed by atoms with van der Waals surface area (Å²) in [6.45, 7) is 7.44. The van der Waals surface area contributed by atoms with Crippen molar-refractivity contribution in [3.8, 4) is 0 Å². The molecule has 2 rings (SSSR count). The van der Waals surface area contributed by atoms with Crippen LogP contribution in [0.2, 0.25) is 0 Å². The molecule has 1 aromatic carbocycles. The van der Waals surface area contributed by atoms with Crippen LogP contribution in [0.4, 0.5) is 0 Å². The van der Waals surface area contributed by atoms with Gasteiger partial charge in [0.05, 0.1) is 6.04 Å². The maximum absolute atomic E-state index is 12.6. The van der Waals surface area contributed by atoms with Crippen molar-refractivity contribution in [2.75, 3.05) is 11.0 Å². The standard InChI is InChI=1S/C16H22INO/c1-12(13-7-5-4-6-8-13)18-11-16(2,3)14(9-10-17)15(18)19/h4-8,12,14H,9-11H2,1-3H3/t12-,14?/m1/s1. The van der Waals surface area contributed by atoms with Gasteiger partial charge in [-0.3, -0.25) is 4.79 Å². The molecular formula is C16H22INO. The van der Waals surface area contributed by atoms with Crippen LogP contribution in [-0.2, 0) is 4.79 Å². The quantitative estimate of drug-likeness (QED) is 0.578. The summed E-state index contributed by atoms with van der Waals surface area (Å²) in [6, 6.07) is 10.5. The van der Waals surface area contributed by atoms with Crippen molar-refractivity contribution >= 4 is 28.5 Å². The summed E-state index contributed by atoms with van der Waals surface area (Å²) in [5.74, 6) is 0.508. The smallest absolute Gasteiger partial charge is 0.226 e. The third-order valence-corrected chi connectivity index (χ3v) is 4.87. The molecular weight excluding hydrogens is 349 g/mol. The van der Waals surface area contributed by atoms with E-state index in [0.29, 0.717) is 5.91 Å². The average molecular weight is 371 g/mol. The van der Waals surface area contributed by atoms with Crippen LogP contribution in [0.1, 0.15) is 38.8 Å². The molecule has 0 N–H and O–H groups in total. The van der Waals surface area contributed by atoms with E-state index in [0.717, 1.165) is 17.4 Å². The van der Waals surface area contributed by atoms with Gasteiger partial charge in [-0.15, -0.1) is 0 Å². The number of carbonyl (C=O) groups is 1. The molecule has 104 valence electrons. The molecule has 3 heteroatoms. The summed E-state index contributed by atoms with van der Waals surface area (Å²) in [5.41, 5.74) is 1.31. The summed E-state index contributed by atoms with van der Waals surface area (Å²) < 4.78 is 1.05. The molecule has 19 heavy (non-hydrogen) atoms. The highest BCUT2D eigenvalue weighted by atomic mass is 127. The molecule has 0 aliphatic carbocycles. The lowest BCUT2D eigenvalue weighted by molar-refractivity contribution is -0.133. The van der Waals surface area contributed by atoms with E-state index in [2.05, 4.69) is 60.4 Å². The molecule has 1 aliphatic rings. The Morgan fingerprint density at radius 2 is 2.00 bits per heavy atom. The van der Waals surface area contributed by atoms with Gasteiger partial charge in [-0.05, 0) is 24.3 Å². The Morgan fingerprint density at radius 3 is 2.58 bits per heavy atom. The van der Waals surface area contributed by atoms with Crippen LogP contribution < -0.4 is 0 Å². The Balaban J connectivity index is 2.21. The minimum Gasteiger partial charge on any atom is -0.335 e. The van der Waals surface area contributed by atoms with E-state index in [-0.39, 0.29) is 17.4 Å². The number of nitrogens with zero attached hydrogens (tertiary/aromatic N) is 1. The summed E-state index contributed by atoms with van der Waals surface area (Å²) in [5, 5.41) is 0. The predicted molar refractivity (Wildman–Crippen MR) is 87.3 cm³/mol. The second-order valence-corrected chi connectivity index (χ2v) is 7.15. The van der Waals surface area contributed by atoms with Gasteiger partial charge in [-0.2, -0.15) is 0 Å². The minimum absolute atomic E-state index is 0.0886. The number of hydrogen-bond acceptors (Lipinski definition) is 1. The van der Waals surface area contributed by atoms with Gasteiger partial charge < -0.3 is 4.90 Å². The van der Waals surface area contributed by atoms with Crippen LogP contribution in [-0.4, -0.2) is 21.8 Å². The third-order valence-electron chi connectivity index (χ3n) is 4.25. The summed E-state index contributed by atoms with van der Waals surface area (Å²) in [4.78, 5) is 14.7. The van der Waals surface area contributed by atoms with Gasteiger partial charge in [0.2, 0.25) is 5.91 Å². The molecule has 0 saturated carbocycles. The summed E-state index contributed by atoms with van der Waals surface area (Å²) in [6.07, 6.45) is 0.990. The Hall–Kier alpha value is -0.580. The maximum atomic E-state index is 12.6. The molecule has 1 aromatic rings. The van der Waals surface area contributed by atoms with Crippen molar-refractivity contribution in [3.05, 3.63) is 35.9 Å². The first kappa shape index (κ1) is 14.8. The van der Waals surface area contributed by atoms with Crippen molar-refractivity contribution in [1.29, 1.82) is 0 Å². The Morgan fingerprint density at radius 1 is 1.37 bits per heavy atom. The largest absolute Gasteiger partial charge is 0.335 e. The molecule has 1 aliphatic heterocycles. The molecule has 1 amide bonds. The SMILES string of the molecule is C[C@H](c1ccccc1)N1CC(C)(C)C(CCI)C1=O. The summed E-state index contributed by atoms with van der Waals surface area (Å²) >= 11 is 2.37. The zero-order chi connectivity index (χ0) is 14.0. The van der Waals surface area contributed by atoms with Gasteiger partial charge >= 0.3 is 0 Å². The first-order valence-corrected chi connectivity index (χ1v) is 8.41. The first-order chi connectivity index (χ1) is 8.97. The molecule has 0 bridgehead atoms. The third kappa shape index (κ3) is 2.96. The number of benzene rings is 1. The number of carbonyl (C=O) groups excluding carboxylic acids is 1. The van der Waals surface area contributed by atoms with Gasteiger partial charge in [0.25, 0.3) is 0 Å². The van der Waals surface area contributed by atoms with E-state index >= 15 is 0 Å². The molecule has 0 spiro atoms. The topological polar surface area (TPSA) is 20.3 Å². The number of rotatable bonds is 4. The van der Waals surface area contributed by atoms with E-state index in [1.807, 2.05) is 18.2 Å². The van der Waals surface area contributed by atoms with Crippen LogP contribution in [0.3, 0.4) is 0 Å². The second kappa shape index (κ2) is 5.81. The van der Waals surface area contributed by atoms with E-state index < -0.39 is 0 Å². The van der Waals surface area contributed by atoms with Gasteiger partial charge in [0.15, 0.2) is 0 Å². The molecule has 0 aromatic heterocycles. The summed E-state index contributed by atoms with van der Waals surface area (Å²) in [7, 11) is 0. The maximum Gasteiger partial charge on any atom is 0.226 e. The lowest BCUT2D eigenvalue weighted by Crippen LogP contribution is -2.30. The van der Waals surface area contributed by atoms with Crippen LogP contribution in [0, 0.1) is 11.3 Å². The lowest BCUT2D eigenvalue weighted by atomic mass is 9.80. The molecule has 0 radical (unpaired) electrons. The second-order valence-electron chi connectivity index (χ2n) is 6.07. The Kier molecular flexibility index (Phi) is 4.54. The van der Waals surface area contributed by atoms with Crippen molar-refractivity contribution in [1.82, 2.24) is 4.90 Å². The van der Waals surface area contributed by atoms with Gasteiger partial charge in [0, 0.05) is 16.9 Å². The van der Waals surface area contributed by atoms with Crippen LogP contribution in [0.15, 0.2) is 30.3 Å². The Bertz CT molecular complexity index is 443.